The Kier molecular flexibility index (Phi) is 5.34. The first kappa shape index (κ1) is 20.2. The number of benzene rings is 2. The van der Waals surface area contributed by atoms with Crippen LogP contribution in [0.15, 0.2) is 66.9 Å². The van der Waals surface area contributed by atoms with Crippen LogP contribution in [0.25, 0.3) is 0 Å². The normalized spacial score (nSPS) is 17.4. The first-order chi connectivity index (χ1) is 14.3. The Balaban J connectivity index is 1.75. The largest absolute Gasteiger partial charge is 0.416 e. The summed E-state index contributed by atoms with van der Waals surface area (Å²) in [6, 6.07) is 15.2. The molecule has 0 N–H and O–H groups in total. The van der Waals surface area contributed by atoms with Crippen LogP contribution in [0.1, 0.15) is 34.8 Å². The second-order valence-electron chi connectivity index (χ2n) is 7.40. The van der Waals surface area contributed by atoms with Gasteiger partial charge in [0.15, 0.2) is 0 Å². The van der Waals surface area contributed by atoms with Crippen LogP contribution < -0.4 is 0 Å². The summed E-state index contributed by atoms with van der Waals surface area (Å²) in [5, 5.41) is 11.1. The number of alkyl halides is 3. The molecule has 0 fully saturated rings. The second kappa shape index (κ2) is 7.95. The van der Waals surface area contributed by atoms with Crippen molar-refractivity contribution < 1.29 is 18.1 Å². The topological polar surface area (TPSA) is 51.3 Å². The number of nitro groups is 1. The van der Waals surface area contributed by atoms with E-state index in [9.17, 15) is 23.3 Å². The van der Waals surface area contributed by atoms with Gasteiger partial charge in [-0.2, -0.15) is 13.2 Å². The molecule has 0 saturated heterocycles. The van der Waals surface area contributed by atoms with E-state index in [1.807, 2.05) is 18.3 Å². The highest BCUT2D eigenvalue weighted by Crippen LogP contribution is 2.36. The molecular weight excluding hydrogens is 395 g/mol. The molecule has 0 radical (unpaired) electrons. The monoisotopic (exact) mass is 415 g/mol. The third kappa shape index (κ3) is 4.09. The number of aromatic nitrogens is 1. The van der Waals surface area contributed by atoms with Gasteiger partial charge in [0.2, 0.25) is 0 Å². The molecule has 2 aromatic carbocycles. The van der Waals surface area contributed by atoms with Crippen LogP contribution in [0.3, 0.4) is 0 Å². The predicted molar refractivity (Wildman–Crippen MR) is 106 cm³/mol. The van der Waals surface area contributed by atoms with Crippen molar-refractivity contribution >= 4 is 5.69 Å². The maximum absolute atomic E-state index is 13.3. The average molecular weight is 415 g/mol. The molecule has 1 aromatic heterocycles. The molecule has 0 aliphatic carbocycles. The minimum atomic E-state index is -4.42. The quantitative estimate of drug-likeness (QED) is 0.423. The van der Waals surface area contributed by atoms with E-state index in [-0.39, 0.29) is 11.7 Å². The lowest BCUT2D eigenvalue weighted by Crippen LogP contribution is -2.29. The molecule has 0 spiro atoms. The van der Waals surface area contributed by atoms with E-state index in [1.54, 1.807) is 18.2 Å². The zero-order valence-corrected chi connectivity index (χ0v) is 16.0. The van der Waals surface area contributed by atoms with Gasteiger partial charge in [0.1, 0.15) is 0 Å². The zero-order valence-electron chi connectivity index (χ0n) is 16.0. The molecule has 1 aliphatic heterocycles. The first-order valence-electron chi connectivity index (χ1n) is 9.62. The molecular formula is C22H20F3N3O2. The molecule has 1 atom stereocenters. The number of nitro benzene ring substituents is 1. The van der Waals surface area contributed by atoms with E-state index < -0.39 is 16.7 Å². The second-order valence-corrected chi connectivity index (χ2v) is 7.40. The van der Waals surface area contributed by atoms with Gasteiger partial charge in [-0.1, -0.05) is 24.3 Å². The summed E-state index contributed by atoms with van der Waals surface area (Å²) < 4.78 is 42.1. The number of non-ortho nitro benzene ring substituents is 1. The molecule has 0 bridgehead atoms. The van der Waals surface area contributed by atoms with E-state index in [2.05, 4.69) is 9.47 Å². The van der Waals surface area contributed by atoms with Gasteiger partial charge < -0.3 is 4.57 Å². The molecule has 3 aromatic rings. The Morgan fingerprint density at radius 1 is 1.03 bits per heavy atom. The van der Waals surface area contributed by atoms with Crippen LogP contribution in [0.2, 0.25) is 0 Å². The highest BCUT2D eigenvalue weighted by atomic mass is 19.4. The van der Waals surface area contributed by atoms with Crippen LogP contribution in [0.5, 0.6) is 0 Å². The molecule has 1 aliphatic rings. The van der Waals surface area contributed by atoms with E-state index in [0.717, 1.165) is 30.3 Å². The van der Waals surface area contributed by atoms with Crippen molar-refractivity contribution in [2.45, 2.75) is 31.7 Å². The average Bonchev–Trinajstić information content (AvgIpc) is 3.09. The minimum absolute atomic E-state index is 0.00122. The lowest BCUT2D eigenvalue weighted by Gasteiger charge is -2.31. The lowest BCUT2D eigenvalue weighted by molar-refractivity contribution is -0.384. The molecule has 8 heteroatoms. The molecule has 0 amide bonds. The molecule has 30 heavy (non-hydrogen) atoms. The van der Waals surface area contributed by atoms with Gasteiger partial charge in [0.25, 0.3) is 5.69 Å². The summed E-state index contributed by atoms with van der Waals surface area (Å²) in [4.78, 5) is 12.8. The van der Waals surface area contributed by atoms with Crippen LogP contribution in [0.4, 0.5) is 18.9 Å². The Labute approximate surface area is 171 Å². The fourth-order valence-corrected chi connectivity index (χ4v) is 4.08. The fraction of sp³-hybridized carbons (Fsp3) is 0.273. The highest BCUT2D eigenvalue weighted by Gasteiger charge is 2.33. The summed E-state index contributed by atoms with van der Waals surface area (Å²) in [5.41, 5.74) is 1.54. The van der Waals surface area contributed by atoms with Gasteiger partial charge in [-0.05, 0) is 41.8 Å². The number of hydrogen-bond acceptors (Lipinski definition) is 3. The van der Waals surface area contributed by atoms with Gasteiger partial charge >= 0.3 is 6.18 Å². The molecule has 1 unspecified atom stereocenters. The SMILES string of the molecule is O=[N+]([O-])c1cccc(CN2CCCn3cccc3C2c2cccc(C(F)(F)F)c2)c1. The Morgan fingerprint density at radius 3 is 2.60 bits per heavy atom. The van der Waals surface area contributed by atoms with Gasteiger partial charge in [0.05, 0.1) is 16.5 Å². The highest BCUT2D eigenvalue weighted by molar-refractivity contribution is 5.36. The summed E-state index contributed by atoms with van der Waals surface area (Å²) >= 11 is 0. The molecule has 156 valence electrons. The number of fused-ring (bicyclic) bond motifs is 1. The first-order valence-corrected chi connectivity index (χ1v) is 9.62. The van der Waals surface area contributed by atoms with Crippen molar-refractivity contribution in [3.8, 4) is 0 Å². The Bertz CT molecular complexity index is 1060. The molecule has 0 saturated carbocycles. The van der Waals surface area contributed by atoms with Crippen LogP contribution in [0, 0.1) is 10.1 Å². The van der Waals surface area contributed by atoms with E-state index in [4.69, 9.17) is 0 Å². The van der Waals surface area contributed by atoms with Crippen molar-refractivity contribution in [1.29, 1.82) is 0 Å². The van der Waals surface area contributed by atoms with Crippen molar-refractivity contribution in [2.24, 2.45) is 0 Å². The van der Waals surface area contributed by atoms with Crippen LogP contribution >= 0.6 is 0 Å². The summed E-state index contributed by atoms with van der Waals surface area (Å²) in [7, 11) is 0. The molecule has 5 nitrogen and oxygen atoms in total. The number of hydrogen-bond donors (Lipinski definition) is 0. The van der Waals surface area contributed by atoms with Crippen molar-refractivity contribution in [3.63, 3.8) is 0 Å². The van der Waals surface area contributed by atoms with E-state index in [1.165, 1.54) is 24.3 Å². The van der Waals surface area contributed by atoms with E-state index in [0.29, 0.717) is 18.7 Å². The third-order valence-electron chi connectivity index (χ3n) is 5.39. The third-order valence-corrected chi connectivity index (χ3v) is 5.39. The van der Waals surface area contributed by atoms with Crippen molar-refractivity contribution in [3.05, 3.63) is 99.4 Å². The minimum Gasteiger partial charge on any atom is -0.350 e. The smallest absolute Gasteiger partial charge is 0.350 e. The number of nitrogens with zero attached hydrogens (tertiary/aromatic N) is 3. The Hall–Kier alpha value is -3.13. The van der Waals surface area contributed by atoms with Crippen LogP contribution in [-0.4, -0.2) is 20.9 Å². The van der Waals surface area contributed by atoms with Crippen LogP contribution in [-0.2, 0) is 19.3 Å². The zero-order chi connectivity index (χ0) is 21.3. The van der Waals surface area contributed by atoms with Crippen molar-refractivity contribution in [1.82, 2.24) is 9.47 Å². The molecule has 2 heterocycles. The van der Waals surface area contributed by atoms with E-state index >= 15 is 0 Å². The summed E-state index contributed by atoms with van der Waals surface area (Å²) in [5.74, 6) is 0. The predicted octanol–water partition coefficient (Wildman–Crippen LogP) is 5.41. The maximum atomic E-state index is 13.3. The van der Waals surface area contributed by atoms with Gasteiger partial charge in [-0.25, -0.2) is 0 Å². The lowest BCUT2D eigenvalue weighted by atomic mass is 9.98. The number of aryl methyl sites for hydroxylation is 1. The van der Waals surface area contributed by atoms with Gasteiger partial charge in [-0.3, -0.25) is 15.0 Å². The summed E-state index contributed by atoms with van der Waals surface area (Å²) in [6.07, 6.45) is -1.66. The Morgan fingerprint density at radius 2 is 1.83 bits per heavy atom. The maximum Gasteiger partial charge on any atom is 0.416 e. The number of rotatable bonds is 4. The van der Waals surface area contributed by atoms with Gasteiger partial charge in [-0.15, -0.1) is 0 Å². The summed E-state index contributed by atoms with van der Waals surface area (Å²) in [6.45, 7) is 1.82. The fourth-order valence-electron chi connectivity index (χ4n) is 4.08. The van der Waals surface area contributed by atoms with Gasteiger partial charge in [0, 0.05) is 43.7 Å². The number of halogens is 3. The standard InChI is InChI=1S/C22H20F3N3O2/c23-22(24,25)18-7-2-6-17(14-18)21-20-9-3-10-26(20)11-4-12-27(21)15-16-5-1-8-19(13-16)28(29)30/h1-3,5-10,13-14,21H,4,11-12,15H2. The van der Waals surface area contributed by atoms with Crippen molar-refractivity contribution in [2.75, 3.05) is 6.54 Å². The molecule has 4 rings (SSSR count).